The summed E-state index contributed by atoms with van der Waals surface area (Å²) in [4.78, 5) is 26.4. The Morgan fingerprint density at radius 1 is 1.06 bits per heavy atom. The van der Waals surface area contributed by atoms with Gasteiger partial charge in [0.05, 0.1) is 5.57 Å². The summed E-state index contributed by atoms with van der Waals surface area (Å²) in [6.45, 7) is 6.19. The van der Waals surface area contributed by atoms with Crippen molar-refractivity contribution >= 4 is 11.8 Å². The molecule has 0 spiro atoms. The van der Waals surface area contributed by atoms with Crippen molar-refractivity contribution in [2.45, 2.75) is 39.5 Å². The lowest BCUT2D eigenvalue weighted by Gasteiger charge is -2.39. The molecule has 2 aliphatic rings. The number of hydrogen-bond acceptors (Lipinski definition) is 5. The molecule has 0 saturated heterocycles. The van der Waals surface area contributed by atoms with Crippen LogP contribution < -0.4 is 10.1 Å². The van der Waals surface area contributed by atoms with Crippen molar-refractivity contribution in [2.75, 3.05) is 13.2 Å². The average molecular weight is 450 g/mol. The first-order valence-corrected chi connectivity index (χ1v) is 11.1. The predicted molar refractivity (Wildman–Crippen MR) is 123 cm³/mol. The van der Waals surface area contributed by atoms with Crippen LogP contribution >= 0.6 is 0 Å². The van der Waals surface area contributed by atoms with E-state index in [0.29, 0.717) is 41.0 Å². The quantitative estimate of drug-likeness (QED) is 0.494. The predicted octanol–water partition coefficient (Wildman–Crippen LogP) is 5.05. The van der Waals surface area contributed by atoms with Crippen molar-refractivity contribution < 1.29 is 23.5 Å². The van der Waals surface area contributed by atoms with Gasteiger partial charge in [0.15, 0.2) is 5.78 Å². The van der Waals surface area contributed by atoms with Crippen molar-refractivity contribution in [1.29, 1.82) is 0 Å². The highest BCUT2D eigenvalue weighted by Crippen LogP contribution is 2.46. The van der Waals surface area contributed by atoms with Crippen LogP contribution in [0.2, 0.25) is 0 Å². The number of dihydropyridines is 1. The maximum atomic E-state index is 13.6. The van der Waals surface area contributed by atoms with Crippen LogP contribution in [0, 0.1) is 11.2 Å². The third kappa shape index (κ3) is 5.00. The summed E-state index contributed by atoms with van der Waals surface area (Å²) in [5.74, 6) is -0.810. The summed E-state index contributed by atoms with van der Waals surface area (Å²) >= 11 is 0. The van der Waals surface area contributed by atoms with Gasteiger partial charge in [-0.1, -0.05) is 44.2 Å². The van der Waals surface area contributed by atoms with E-state index in [1.807, 2.05) is 37.3 Å². The van der Waals surface area contributed by atoms with Crippen LogP contribution in [0.1, 0.15) is 45.1 Å². The average Bonchev–Trinajstić information content (AvgIpc) is 2.76. The van der Waals surface area contributed by atoms with Crippen LogP contribution in [0.15, 0.2) is 77.1 Å². The zero-order valence-electron chi connectivity index (χ0n) is 19.1. The van der Waals surface area contributed by atoms with Gasteiger partial charge in [-0.2, -0.15) is 0 Å². The molecule has 2 aromatic carbocycles. The minimum absolute atomic E-state index is 0.00622. The second-order valence-corrected chi connectivity index (χ2v) is 9.28. The summed E-state index contributed by atoms with van der Waals surface area (Å²) in [5.41, 5.74) is 2.91. The zero-order valence-corrected chi connectivity index (χ0v) is 19.1. The minimum Gasteiger partial charge on any atom is -0.490 e. The molecular weight excluding hydrogens is 421 g/mol. The molecule has 0 aromatic heterocycles. The highest BCUT2D eigenvalue weighted by atomic mass is 19.1. The van der Waals surface area contributed by atoms with E-state index in [9.17, 15) is 14.0 Å². The number of ketones is 1. The van der Waals surface area contributed by atoms with Crippen molar-refractivity contribution in [1.82, 2.24) is 5.32 Å². The minimum atomic E-state index is -0.604. The van der Waals surface area contributed by atoms with E-state index in [2.05, 4.69) is 19.2 Å². The maximum Gasteiger partial charge on any atom is 0.336 e. The first-order chi connectivity index (χ1) is 15.7. The number of esters is 1. The molecule has 1 N–H and O–H groups in total. The number of carbonyl (C=O) groups is 2. The molecule has 1 aliphatic carbocycles. The highest BCUT2D eigenvalue weighted by molar-refractivity contribution is 6.04. The molecule has 1 heterocycles. The van der Waals surface area contributed by atoms with Crippen molar-refractivity contribution in [2.24, 2.45) is 5.41 Å². The fourth-order valence-corrected chi connectivity index (χ4v) is 4.58. The van der Waals surface area contributed by atoms with Gasteiger partial charge in [-0.25, -0.2) is 9.18 Å². The molecule has 6 heteroatoms. The maximum absolute atomic E-state index is 13.6. The van der Waals surface area contributed by atoms with Gasteiger partial charge in [0, 0.05) is 29.3 Å². The number of benzene rings is 2. The van der Waals surface area contributed by atoms with Gasteiger partial charge in [0.1, 0.15) is 24.8 Å². The van der Waals surface area contributed by atoms with Crippen LogP contribution in [0.5, 0.6) is 5.75 Å². The Morgan fingerprint density at radius 2 is 1.76 bits per heavy atom. The van der Waals surface area contributed by atoms with E-state index >= 15 is 0 Å². The van der Waals surface area contributed by atoms with E-state index < -0.39 is 11.9 Å². The van der Waals surface area contributed by atoms with Gasteiger partial charge in [0.25, 0.3) is 0 Å². The number of Topliss-reactive ketones (excluding diaryl/α,β-unsaturated/α-hetero) is 1. The third-order valence-electron chi connectivity index (χ3n) is 5.99. The van der Waals surface area contributed by atoms with Crippen molar-refractivity contribution in [3.8, 4) is 5.75 Å². The molecule has 0 fully saturated rings. The number of rotatable bonds is 6. The molecule has 4 rings (SSSR count). The molecule has 1 aliphatic heterocycles. The van der Waals surface area contributed by atoms with E-state index in [-0.39, 0.29) is 30.2 Å². The molecule has 5 nitrogen and oxygen atoms in total. The number of carbonyl (C=O) groups excluding carboxylic acids is 2. The molecule has 33 heavy (non-hydrogen) atoms. The molecule has 0 amide bonds. The number of hydrogen-bond donors (Lipinski definition) is 1. The Labute approximate surface area is 193 Å². The summed E-state index contributed by atoms with van der Waals surface area (Å²) in [7, 11) is 0. The van der Waals surface area contributed by atoms with Crippen LogP contribution in [-0.4, -0.2) is 25.0 Å². The molecule has 2 aromatic rings. The van der Waals surface area contributed by atoms with E-state index in [4.69, 9.17) is 9.47 Å². The fourth-order valence-electron chi connectivity index (χ4n) is 4.58. The second-order valence-electron chi connectivity index (χ2n) is 9.28. The first-order valence-electron chi connectivity index (χ1n) is 11.1. The van der Waals surface area contributed by atoms with Crippen LogP contribution in [0.4, 0.5) is 4.39 Å². The van der Waals surface area contributed by atoms with Crippen LogP contribution in [0.3, 0.4) is 0 Å². The first kappa shape index (κ1) is 22.8. The Bertz CT molecular complexity index is 1120. The molecular formula is C27H28FNO4. The third-order valence-corrected chi connectivity index (χ3v) is 5.99. The fraction of sp³-hybridized carbons (Fsp3) is 0.333. The van der Waals surface area contributed by atoms with E-state index in [1.54, 1.807) is 12.1 Å². The lowest BCUT2D eigenvalue weighted by molar-refractivity contribution is -0.140. The van der Waals surface area contributed by atoms with Gasteiger partial charge in [-0.05, 0) is 48.6 Å². The molecule has 0 bridgehead atoms. The molecule has 1 atom stereocenters. The Hall–Kier alpha value is -3.41. The van der Waals surface area contributed by atoms with E-state index in [0.717, 1.165) is 5.70 Å². The van der Waals surface area contributed by atoms with Gasteiger partial charge < -0.3 is 14.8 Å². The van der Waals surface area contributed by atoms with Crippen molar-refractivity contribution in [3.05, 3.63) is 88.5 Å². The second kappa shape index (κ2) is 9.22. The number of para-hydroxylation sites is 1. The lowest BCUT2D eigenvalue weighted by atomic mass is 9.68. The summed E-state index contributed by atoms with van der Waals surface area (Å²) in [6.07, 6.45) is 1.08. The van der Waals surface area contributed by atoms with Crippen molar-refractivity contribution in [3.63, 3.8) is 0 Å². The van der Waals surface area contributed by atoms with Gasteiger partial charge in [-0.15, -0.1) is 0 Å². The Morgan fingerprint density at radius 3 is 2.45 bits per heavy atom. The van der Waals surface area contributed by atoms with Crippen LogP contribution in [-0.2, 0) is 14.3 Å². The Balaban J connectivity index is 1.59. The van der Waals surface area contributed by atoms with Gasteiger partial charge in [-0.3, -0.25) is 4.79 Å². The molecule has 0 radical (unpaired) electrons. The van der Waals surface area contributed by atoms with Gasteiger partial charge >= 0.3 is 5.97 Å². The summed E-state index contributed by atoms with van der Waals surface area (Å²) in [5, 5.41) is 3.29. The molecule has 0 saturated carbocycles. The number of allylic oxidation sites excluding steroid dienone is 3. The summed E-state index contributed by atoms with van der Waals surface area (Å²) in [6, 6.07) is 15.2. The molecule has 1 unspecified atom stereocenters. The topological polar surface area (TPSA) is 64.6 Å². The lowest BCUT2D eigenvalue weighted by Crippen LogP contribution is -2.38. The monoisotopic (exact) mass is 449 g/mol. The number of halogens is 1. The zero-order chi connectivity index (χ0) is 23.6. The number of nitrogens with one attached hydrogen (secondary N) is 1. The SMILES string of the molecule is CC1=C(C(=O)OCCOc2ccccc2)C(c2ccc(F)cc2)C2=C(CC(C)(C)CC2=O)N1. The standard InChI is InChI=1S/C27H28FNO4/c1-17-23(26(31)33-14-13-32-20-7-5-4-6-8-20)24(18-9-11-19(28)12-10-18)25-21(29-17)15-27(2,3)16-22(25)30/h4-12,24,29H,13-16H2,1-3H3. The van der Waals surface area contributed by atoms with Crippen LogP contribution in [0.25, 0.3) is 0 Å². The van der Waals surface area contributed by atoms with Gasteiger partial charge in [0.2, 0.25) is 0 Å². The number of ether oxygens (including phenoxy) is 2. The Kier molecular flexibility index (Phi) is 6.36. The largest absolute Gasteiger partial charge is 0.490 e. The summed E-state index contributed by atoms with van der Waals surface area (Å²) < 4.78 is 24.8. The molecule has 172 valence electrons. The smallest absolute Gasteiger partial charge is 0.336 e. The highest BCUT2D eigenvalue weighted by Gasteiger charge is 2.43. The normalized spacial score (nSPS) is 19.6. The van der Waals surface area contributed by atoms with E-state index in [1.165, 1.54) is 12.1 Å².